The molecule has 1 heteroatoms. The molecule has 78 valence electrons. The van der Waals surface area contributed by atoms with Crippen LogP contribution in [0, 0.1) is 0 Å². The molecule has 0 heterocycles. The van der Waals surface area contributed by atoms with E-state index in [2.05, 4.69) is 11.6 Å². The normalized spacial score (nSPS) is 13.7. The molecule has 0 aliphatic carbocycles. The molecule has 0 aromatic carbocycles. The van der Waals surface area contributed by atoms with Crippen molar-refractivity contribution in [2.45, 2.75) is 0 Å². The summed E-state index contributed by atoms with van der Waals surface area (Å²) in [7, 11) is 1.75. The van der Waals surface area contributed by atoms with Crippen LogP contribution in [0.3, 0.4) is 0 Å². The first-order chi connectivity index (χ1) is 7.41. The minimum atomic E-state index is 1.74. The molecule has 0 aliphatic rings. The second-order valence-electron chi connectivity index (χ2n) is 2.57. The molecular weight excluding hydrogens is 182 g/mol. The number of hydrogen-bond donors (Lipinski definition) is 0. The molecule has 1 nitrogen and oxygen atoms in total. The highest BCUT2D eigenvalue weighted by Gasteiger charge is 1.62. The third-order valence-electron chi connectivity index (χ3n) is 1.37. The van der Waals surface area contributed by atoms with Crippen LogP contribution in [-0.4, -0.2) is 13.3 Å². The number of nitrogens with zero attached hydrogens (tertiary/aromatic N) is 1. The number of rotatable bonds is 6. The molecule has 0 atom stereocenters. The third kappa shape index (κ3) is 12.1. The summed E-state index contributed by atoms with van der Waals surface area (Å²) in [4.78, 5) is 3.82. The van der Waals surface area contributed by atoms with E-state index in [4.69, 9.17) is 0 Å². The standard InChI is InChI=1S/C14H17N/c1-3-4-5-6-7-8-9-10-11-12-13-14-15-2/h3-14H,1H2,2H3/b5-4+,7-6+,9-8-,11-10+,13-12+,15-14?. The van der Waals surface area contributed by atoms with Crippen molar-refractivity contribution in [2.24, 2.45) is 4.99 Å². The fourth-order valence-corrected chi connectivity index (χ4v) is 0.728. The Labute approximate surface area is 92.2 Å². The molecule has 0 aromatic heterocycles. The van der Waals surface area contributed by atoms with E-state index in [0.717, 1.165) is 0 Å². The lowest BCUT2D eigenvalue weighted by atomic mass is 10.3. The monoisotopic (exact) mass is 199 g/mol. The van der Waals surface area contributed by atoms with Gasteiger partial charge in [-0.05, 0) is 6.08 Å². The van der Waals surface area contributed by atoms with Crippen molar-refractivity contribution in [3.05, 3.63) is 73.4 Å². The minimum Gasteiger partial charge on any atom is -0.297 e. The van der Waals surface area contributed by atoms with Crippen LogP contribution >= 0.6 is 0 Å². The fourth-order valence-electron chi connectivity index (χ4n) is 0.728. The smallest absolute Gasteiger partial charge is 0.0277 e. The van der Waals surface area contributed by atoms with Crippen molar-refractivity contribution in [3.8, 4) is 0 Å². The Morgan fingerprint density at radius 1 is 0.667 bits per heavy atom. The van der Waals surface area contributed by atoms with Crippen molar-refractivity contribution < 1.29 is 0 Å². The van der Waals surface area contributed by atoms with Crippen molar-refractivity contribution in [1.29, 1.82) is 0 Å². The Kier molecular flexibility index (Phi) is 10.6. The first kappa shape index (κ1) is 13.1. The van der Waals surface area contributed by atoms with Crippen molar-refractivity contribution in [3.63, 3.8) is 0 Å². The summed E-state index contributed by atoms with van der Waals surface area (Å²) in [5.41, 5.74) is 0. The number of aliphatic imine (C=N–C) groups is 1. The second-order valence-corrected chi connectivity index (χ2v) is 2.57. The topological polar surface area (TPSA) is 12.4 Å². The molecule has 0 saturated carbocycles. The van der Waals surface area contributed by atoms with Gasteiger partial charge in [-0.2, -0.15) is 0 Å². The summed E-state index contributed by atoms with van der Waals surface area (Å²) >= 11 is 0. The molecule has 0 rings (SSSR count). The van der Waals surface area contributed by atoms with Gasteiger partial charge in [0, 0.05) is 13.3 Å². The predicted molar refractivity (Wildman–Crippen MR) is 70.3 cm³/mol. The summed E-state index contributed by atoms with van der Waals surface area (Å²) in [5.74, 6) is 0. The van der Waals surface area contributed by atoms with Gasteiger partial charge in [-0.15, -0.1) is 0 Å². The molecule has 0 amide bonds. The van der Waals surface area contributed by atoms with Gasteiger partial charge in [0.15, 0.2) is 0 Å². The van der Waals surface area contributed by atoms with E-state index in [1.54, 1.807) is 19.3 Å². The van der Waals surface area contributed by atoms with Crippen LogP contribution in [0.25, 0.3) is 0 Å². The molecule has 0 radical (unpaired) electrons. The quantitative estimate of drug-likeness (QED) is 0.457. The maximum atomic E-state index is 3.82. The van der Waals surface area contributed by atoms with Gasteiger partial charge in [-0.25, -0.2) is 0 Å². The van der Waals surface area contributed by atoms with Gasteiger partial charge in [0.2, 0.25) is 0 Å². The van der Waals surface area contributed by atoms with Crippen LogP contribution in [0.2, 0.25) is 0 Å². The van der Waals surface area contributed by atoms with Crippen LogP contribution in [0.5, 0.6) is 0 Å². The Bertz CT molecular complexity index is 312. The average molecular weight is 199 g/mol. The molecule has 0 fully saturated rings. The molecule has 0 saturated heterocycles. The Morgan fingerprint density at radius 2 is 1.07 bits per heavy atom. The van der Waals surface area contributed by atoms with Crippen molar-refractivity contribution in [1.82, 2.24) is 0 Å². The van der Waals surface area contributed by atoms with Crippen molar-refractivity contribution in [2.75, 3.05) is 7.05 Å². The van der Waals surface area contributed by atoms with Crippen LogP contribution in [0.4, 0.5) is 0 Å². The van der Waals surface area contributed by atoms with E-state index in [1.165, 1.54) is 0 Å². The maximum Gasteiger partial charge on any atom is 0.0277 e. The molecule has 0 N–H and O–H groups in total. The molecule has 0 bridgehead atoms. The summed E-state index contributed by atoms with van der Waals surface area (Å²) in [6, 6.07) is 0. The predicted octanol–water partition coefficient (Wildman–Crippen LogP) is 3.65. The van der Waals surface area contributed by atoms with Gasteiger partial charge >= 0.3 is 0 Å². The van der Waals surface area contributed by atoms with Crippen LogP contribution in [0.1, 0.15) is 0 Å². The summed E-state index contributed by atoms with van der Waals surface area (Å²) in [6.45, 7) is 3.58. The van der Waals surface area contributed by atoms with E-state index in [1.807, 2.05) is 60.8 Å². The fraction of sp³-hybridized carbons (Fsp3) is 0.0714. The molecule has 0 aromatic rings. The van der Waals surface area contributed by atoms with Gasteiger partial charge in [-0.1, -0.05) is 67.3 Å². The highest BCUT2D eigenvalue weighted by atomic mass is 14.6. The SMILES string of the molecule is C=C/C=C/C=C/C=C\C=C\C=C\C=NC. The van der Waals surface area contributed by atoms with Crippen LogP contribution < -0.4 is 0 Å². The van der Waals surface area contributed by atoms with E-state index in [-0.39, 0.29) is 0 Å². The molecular formula is C14H17N. The van der Waals surface area contributed by atoms with Gasteiger partial charge < -0.3 is 0 Å². The van der Waals surface area contributed by atoms with E-state index in [9.17, 15) is 0 Å². The molecule has 0 unspecified atom stereocenters. The van der Waals surface area contributed by atoms with Crippen molar-refractivity contribution >= 4 is 6.21 Å². The average Bonchev–Trinajstić information content (AvgIpc) is 2.26. The first-order valence-corrected chi connectivity index (χ1v) is 4.78. The minimum absolute atomic E-state index is 1.74. The van der Waals surface area contributed by atoms with Gasteiger partial charge in [0.25, 0.3) is 0 Å². The van der Waals surface area contributed by atoms with Crippen LogP contribution in [0.15, 0.2) is 78.4 Å². The molecule has 15 heavy (non-hydrogen) atoms. The Hall–Kier alpha value is -1.89. The summed E-state index contributed by atoms with van der Waals surface area (Å²) in [6.07, 6.45) is 22.9. The highest BCUT2D eigenvalue weighted by molar-refractivity contribution is 5.71. The lowest BCUT2D eigenvalue weighted by Gasteiger charge is -1.74. The van der Waals surface area contributed by atoms with E-state index in [0.29, 0.717) is 0 Å². The zero-order valence-electron chi connectivity index (χ0n) is 9.08. The summed E-state index contributed by atoms with van der Waals surface area (Å²) in [5, 5.41) is 0. The van der Waals surface area contributed by atoms with Gasteiger partial charge in [0.05, 0.1) is 0 Å². The zero-order valence-corrected chi connectivity index (χ0v) is 9.08. The maximum absolute atomic E-state index is 3.82. The third-order valence-corrected chi connectivity index (χ3v) is 1.37. The molecule has 0 aliphatic heterocycles. The number of allylic oxidation sites excluding steroid dienone is 11. The zero-order chi connectivity index (χ0) is 11.2. The lowest BCUT2D eigenvalue weighted by Crippen LogP contribution is -1.59. The summed E-state index contributed by atoms with van der Waals surface area (Å²) < 4.78 is 0. The van der Waals surface area contributed by atoms with Gasteiger partial charge in [0.1, 0.15) is 0 Å². The lowest BCUT2D eigenvalue weighted by molar-refractivity contribution is 1.48. The Balaban J connectivity index is 3.74. The van der Waals surface area contributed by atoms with E-state index < -0.39 is 0 Å². The largest absolute Gasteiger partial charge is 0.297 e. The number of hydrogen-bond acceptors (Lipinski definition) is 1. The van der Waals surface area contributed by atoms with E-state index >= 15 is 0 Å². The second kappa shape index (κ2) is 12.1. The Morgan fingerprint density at radius 3 is 1.47 bits per heavy atom. The van der Waals surface area contributed by atoms with Crippen LogP contribution in [-0.2, 0) is 0 Å². The first-order valence-electron chi connectivity index (χ1n) is 4.78. The van der Waals surface area contributed by atoms with Gasteiger partial charge in [-0.3, -0.25) is 4.99 Å². The highest BCUT2D eigenvalue weighted by Crippen LogP contribution is 1.83. The molecule has 0 spiro atoms.